The Labute approximate surface area is 196 Å². The molecule has 0 saturated carbocycles. The summed E-state index contributed by atoms with van der Waals surface area (Å²) >= 11 is 0. The van der Waals surface area contributed by atoms with Crippen molar-refractivity contribution < 1.29 is 17.6 Å². The van der Waals surface area contributed by atoms with E-state index in [9.17, 15) is 13.2 Å². The minimum absolute atomic E-state index is 0.0349. The average molecular weight is 476 g/mol. The van der Waals surface area contributed by atoms with E-state index in [1.807, 2.05) is 30.3 Å². The molecule has 1 amide bonds. The van der Waals surface area contributed by atoms with Crippen molar-refractivity contribution in [3.05, 3.63) is 84.8 Å². The van der Waals surface area contributed by atoms with Crippen LogP contribution in [-0.4, -0.2) is 36.5 Å². The molecule has 9 nitrogen and oxygen atoms in total. The number of sulfonamides is 1. The zero-order valence-corrected chi connectivity index (χ0v) is 18.8. The number of rotatable bonds is 6. The van der Waals surface area contributed by atoms with Gasteiger partial charge in [-0.1, -0.05) is 24.3 Å². The number of nitrogens with one attached hydrogen (secondary N) is 2. The summed E-state index contributed by atoms with van der Waals surface area (Å²) in [7, 11) is -3.81. The van der Waals surface area contributed by atoms with E-state index in [1.165, 1.54) is 23.1 Å². The van der Waals surface area contributed by atoms with Crippen LogP contribution in [0.5, 0.6) is 0 Å². The van der Waals surface area contributed by atoms with Crippen LogP contribution in [0.2, 0.25) is 0 Å². The topological polar surface area (TPSA) is 119 Å². The van der Waals surface area contributed by atoms with Crippen molar-refractivity contribution in [3.63, 3.8) is 0 Å². The van der Waals surface area contributed by atoms with Crippen LogP contribution in [0.3, 0.4) is 0 Å². The standard InChI is InChI=1S/C24H21N5O4S/c30-24(26-17-7-4-10-19(15-17)34(31,32)28-23-12-5-13-25-23)21-16-20(22-11-6-14-33-22)27-29(21)18-8-2-1-3-9-18/h1-4,6-11,14-16H,5,12-13H2,(H,25,28)(H,26,30). The zero-order chi connectivity index (χ0) is 23.5. The van der Waals surface area contributed by atoms with E-state index in [0.29, 0.717) is 41.6 Å². The maximum absolute atomic E-state index is 13.2. The van der Waals surface area contributed by atoms with Crippen molar-refractivity contribution in [3.8, 4) is 17.1 Å². The number of aromatic nitrogens is 2. The lowest BCUT2D eigenvalue weighted by Crippen LogP contribution is -2.29. The van der Waals surface area contributed by atoms with Gasteiger partial charge in [0.1, 0.15) is 17.2 Å². The first-order chi connectivity index (χ1) is 16.5. The molecule has 0 spiro atoms. The molecule has 2 N–H and O–H groups in total. The van der Waals surface area contributed by atoms with Gasteiger partial charge in [0.15, 0.2) is 5.76 Å². The summed E-state index contributed by atoms with van der Waals surface area (Å²) in [4.78, 5) is 17.4. The monoisotopic (exact) mass is 475 g/mol. The highest BCUT2D eigenvalue weighted by Crippen LogP contribution is 2.24. The molecule has 5 rings (SSSR count). The number of anilines is 1. The average Bonchev–Trinajstić information content (AvgIpc) is 3.61. The third-order valence-electron chi connectivity index (χ3n) is 5.25. The Morgan fingerprint density at radius 2 is 1.85 bits per heavy atom. The van der Waals surface area contributed by atoms with Crippen molar-refractivity contribution in [1.82, 2.24) is 14.5 Å². The fourth-order valence-corrected chi connectivity index (χ4v) is 4.76. The quantitative estimate of drug-likeness (QED) is 0.439. The minimum Gasteiger partial charge on any atom is -0.463 e. The number of aliphatic imine (C=N–C) groups is 1. The van der Waals surface area contributed by atoms with Gasteiger partial charge in [-0.25, -0.2) is 13.1 Å². The Balaban J connectivity index is 1.44. The lowest BCUT2D eigenvalue weighted by molar-refractivity contribution is 0.101. The predicted molar refractivity (Wildman–Crippen MR) is 128 cm³/mol. The molecule has 0 fully saturated rings. The number of hydrogen-bond acceptors (Lipinski definition) is 6. The first kappa shape index (κ1) is 21.7. The highest BCUT2D eigenvalue weighted by molar-refractivity contribution is 7.90. The zero-order valence-electron chi connectivity index (χ0n) is 18.0. The van der Waals surface area contributed by atoms with Crippen LogP contribution in [0.15, 0.2) is 93.4 Å². The molecule has 172 valence electrons. The normalized spacial score (nSPS) is 13.5. The van der Waals surface area contributed by atoms with E-state index in [4.69, 9.17) is 4.42 Å². The molecular weight excluding hydrogens is 454 g/mol. The molecule has 1 aliphatic rings. The third-order valence-corrected chi connectivity index (χ3v) is 6.62. The molecule has 0 saturated heterocycles. The van der Waals surface area contributed by atoms with Crippen LogP contribution in [0.1, 0.15) is 23.3 Å². The maximum Gasteiger partial charge on any atom is 0.274 e. The van der Waals surface area contributed by atoms with Crippen molar-refractivity contribution in [2.75, 3.05) is 11.9 Å². The summed E-state index contributed by atoms with van der Waals surface area (Å²) in [6.45, 7) is 0.614. The molecule has 0 radical (unpaired) electrons. The van der Waals surface area contributed by atoms with Gasteiger partial charge in [-0.2, -0.15) is 5.10 Å². The molecular formula is C24H21N5O4S. The van der Waals surface area contributed by atoms with Gasteiger partial charge in [0.25, 0.3) is 15.9 Å². The van der Waals surface area contributed by atoms with Gasteiger partial charge in [-0.05, 0) is 48.9 Å². The van der Waals surface area contributed by atoms with Crippen LogP contribution in [0.25, 0.3) is 17.1 Å². The summed E-state index contributed by atoms with van der Waals surface area (Å²) < 4.78 is 35.0. The van der Waals surface area contributed by atoms with Gasteiger partial charge in [-0.3, -0.25) is 14.5 Å². The molecule has 0 bridgehead atoms. The van der Waals surface area contributed by atoms with E-state index in [2.05, 4.69) is 20.1 Å². The summed E-state index contributed by atoms with van der Waals surface area (Å²) in [5.41, 5.74) is 1.80. The van der Waals surface area contributed by atoms with E-state index in [1.54, 1.807) is 30.3 Å². The molecule has 2 aromatic heterocycles. The molecule has 0 aliphatic carbocycles. The Morgan fingerprint density at radius 1 is 1.00 bits per heavy atom. The Hall–Kier alpha value is -4.18. The highest BCUT2D eigenvalue weighted by atomic mass is 32.2. The first-order valence-corrected chi connectivity index (χ1v) is 12.1. The lowest BCUT2D eigenvalue weighted by atomic mass is 10.2. The van der Waals surface area contributed by atoms with Crippen LogP contribution in [0.4, 0.5) is 5.69 Å². The Morgan fingerprint density at radius 3 is 2.59 bits per heavy atom. The third kappa shape index (κ3) is 4.48. The summed E-state index contributed by atoms with van der Waals surface area (Å²) in [6, 6.07) is 20.4. The molecule has 34 heavy (non-hydrogen) atoms. The van der Waals surface area contributed by atoms with Crippen molar-refractivity contribution in [2.45, 2.75) is 17.7 Å². The SMILES string of the molecule is O=C(Nc1cccc(S(=O)(=O)NC2=NCCC2)c1)c1cc(-c2ccco2)nn1-c1ccccc1. The molecule has 1 aliphatic heterocycles. The second-order valence-electron chi connectivity index (χ2n) is 7.66. The van der Waals surface area contributed by atoms with E-state index in [-0.39, 0.29) is 10.6 Å². The van der Waals surface area contributed by atoms with Crippen LogP contribution >= 0.6 is 0 Å². The largest absolute Gasteiger partial charge is 0.463 e. The second kappa shape index (κ2) is 8.99. The molecule has 3 heterocycles. The van der Waals surface area contributed by atoms with Gasteiger partial charge in [-0.15, -0.1) is 0 Å². The Kier molecular flexibility index (Phi) is 5.72. The van der Waals surface area contributed by atoms with E-state index >= 15 is 0 Å². The van der Waals surface area contributed by atoms with E-state index in [0.717, 1.165) is 6.42 Å². The van der Waals surface area contributed by atoms with Gasteiger partial charge < -0.3 is 9.73 Å². The van der Waals surface area contributed by atoms with Crippen molar-refractivity contribution in [1.29, 1.82) is 0 Å². The van der Waals surface area contributed by atoms with Crippen LogP contribution in [-0.2, 0) is 10.0 Å². The fraction of sp³-hybridized carbons (Fsp3) is 0.125. The van der Waals surface area contributed by atoms with Gasteiger partial charge in [0, 0.05) is 24.7 Å². The predicted octanol–water partition coefficient (Wildman–Crippen LogP) is 3.86. The Bertz CT molecular complexity index is 1460. The number of furan rings is 1. The van der Waals surface area contributed by atoms with E-state index < -0.39 is 15.9 Å². The summed E-state index contributed by atoms with van der Waals surface area (Å²) in [5.74, 6) is 0.529. The summed E-state index contributed by atoms with van der Waals surface area (Å²) in [5, 5.41) is 7.32. The number of para-hydroxylation sites is 1. The number of carbonyl (C=O) groups is 1. The maximum atomic E-state index is 13.2. The minimum atomic E-state index is -3.81. The number of amidine groups is 1. The number of hydrogen-bond donors (Lipinski definition) is 2. The van der Waals surface area contributed by atoms with Crippen molar-refractivity contribution in [2.24, 2.45) is 4.99 Å². The molecule has 0 atom stereocenters. The molecule has 2 aromatic carbocycles. The fourth-order valence-electron chi connectivity index (χ4n) is 3.63. The number of carbonyl (C=O) groups excluding carboxylic acids is 1. The first-order valence-electron chi connectivity index (χ1n) is 10.7. The second-order valence-corrected chi connectivity index (χ2v) is 9.34. The molecule has 0 unspecified atom stereocenters. The molecule has 4 aromatic rings. The van der Waals surface area contributed by atoms with Gasteiger partial charge in [0.2, 0.25) is 0 Å². The number of nitrogens with zero attached hydrogens (tertiary/aromatic N) is 3. The smallest absolute Gasteiger partial charge is 0.274 e. The van der Waals surface area contributed by atoms with Crippen LogP contribution < -0.4 is 10.0 Å². The van der Waals surface area contributed by atoms with Crippen molar-refractivity contribution >= 4 is 27.5 Å². The molecule has 10 heteroatoms. The lowest BCUT2D eigenvalue weighted by Gasteiger charge is -2.11. The van der Waals surface area contributed by atoms with Gasteiger partial charge >= 0.3 is 0 Å². The van der Waals surface area contributed by atoms with Crippen LogP contribution in [0, 0.1) is 0 Å². The highest BCUT2D eigenvalue weighted by Gasteiger charge is 2.21. The summed E-state index contributed by atoms with van der Waals surface area (Å²) in [6.07, 6.45) is 2.95. The number of amides is 1. The number of benzene rings is 2. The van der Waals surface area contributed by atoms with Gasteiger partial charge in [0.05, 0.1) is 16.8 Å².